The van der Waals surface area contributed by atoms with Crippen LogP contribution in [0.15, 0.2) is 0 Å². The van der Waals surface area contributed by atoms with E-state index >= 15 is 0 Å². The SMILES string of the molecule is CC(C(C(=O)O)C(=O)O)(P(=O)(O)O)P(=O)(O)O. The van der Waals surface area contributed by atoms with E-state index in [1.165, 1.54) is 0 Å². The van der Waals surface area contributed by atoms with Gasteiger partial charge in [-0.3, -0.25) is 18.7 Å². The maximum absolute atomic E-state index is 11.0. The average molecular weight is 292 g/mol. The Balaban J connectivity index is 6.17. The second-order valence-corrected chi connectivity index (χ2v) is 7.68. The van der Waals surface area contributed by atoms with Crippen LogP contribution in [-0.4, -0.2) is 46.6 Å². The highest BCUT2D eigenvalue weighted by Crippen LogP contribution is 2.71. The maximum Gasteiger partial charge on any atom is 0.344 e. The third-order valence-electron chi connectivity index (χ3n) is 2.22. The van der Waals surface area contributed by atoms with Gasteiger partial charge in [0, 0.05) is 0 Å². The Morgan fingerprint density at radius 2 is 1.18 bits per heavy atom. The van der Waals surface area contributed by atoms with Crippen molar-refractivity contribution in [1.29, 1.82) is 0 Å². The summed E-state index contributed by atoms with van der Waals surface area (Å²) in [7, 11) is -11.4. The van der Waals surface area contributed by atoms with Crippen molar-refractivity contribution < 1.29 is 48.5 Å². The molecule has 10 nitrogen and oxygen atoms in total. The summed E-state index contributed by atoms with van der Waals surface area (Å²) in [5.74, 6) is -7.46. The molecule has 0 aromatic heterocycles. The van der Waals surface area contributed by atoms with Crippen molar-refractivity contribution in [2.45, 2.75) is 11.8 Å². The van der Waals surface area contributed by atoms with Gasteiger partial charge < -0.3 is 29.8 Å². The topological polar surface area (TPSA) is 190 Å². The second-order valence-electron chi connectivity index (χ2n) is 3.29. The first-order chi connectivity index (χ1) is 7.26. The normalized spacial score (nSPS) is 13.8. The lowest BCUT2D eigenvalue weighted by atomic mass is 10.1. The standard InChI is InChI=1S/C5H10O10P2/c1-5(16(10,11)12,17(13,14)15)2(3(6)7)4(8)9/h2H,1H3,(H,6,7)(H,8,9)(H2,10,11,12)(H2,13,14,15). The summed E-state index contributed by atoms with van der Waals surface area (Å²) in [6.07, 6.45) is 0. The third kappa shape index (κ3) is 2.74. The average Bonchev–Trinajstić information content (AvgIpc) is 1.97. The molecular weight excluding hydrogens is 282 g/mol. The lowest BCUT2D eigenvalue weighted by Gasteiger charge is -2.33. The van der Waals surface area contributed by atoms with Crippen molar-refractivity contribution in [3.05, 3.63) is 0 Å². The van der Waals surface area contributed by atoms with Gasteiger partial charge in [0.2, 0.25) is 0 Å². The van der Waals surface area contributed by atoms with Crippen molar-refractivity contribution >= 4 is 27.1 Å². The molecule has 0 aromatic rings. The van der Waals surface area contributed by atoms with Crippen molar-refractivity contribution in [3.8, 4) is 0 Å². The Labute approximate surface area is 94.2 Å². The number of rotatable bonds is 5. The minimum Gasteiger partial charge on any atom is -0.481 e. The van der Waals surface area contributed by atoms with Gasteiger partial charge in [-0.1, -0.05) is 0 Å². The van der Waals surface area contributed by atoms with Crippen LogP contribution in [0.25, 0.3) is 0 Å². The van der Waals surface area contributed by atoms with Crippen LogP contribution < -0.4 is 0 Å². The van der Waals surface area contributed by atoms with Crippen molar-refractivity contribution in [3.63, 3.8) is 0 Å². The van der Waals surface area contributed by atoms with Crippen molar-refractivity contribution in [2.24, 2.45) is 5.92 Å². The number of hydrogen-bond acceptors (Lipinski definition) is 4. The molecule has 0 saturated heterocycles. The molecule has 6 N–H and O–H groups in total. The molecule has 0 bridgehead atoms. The first-order valence-electron chi connectivity index (χ1n) is 3.83. The Bertz CT molecular complexity index is 392. The minimum absolute atomic E-state index is 0.224. The van der Waals surface area contributed by atoms with E-state index < -0.39 is 37.9 Å². The maximum atomic E-state index is 11.0. The van der Waals surface area contributed by atoms with Gasteiger partial charge >= 0.3 is 27.1 Å². The third-order valence-corrected chi connectivity index (χ3v) is 6.66. The predicted molar refractivity (Wildman–Crippen MR) is 51.3 cm³/mol. The van der Waals surface area contributed by atoms with E-state index in [9.17, 15) is 18.7 Å². The monoisotopic (exact) mass is 292 g/mol. The molecule has 12 heteroatoms. The second kappa shape index (κ2) is 4.49. The fourth-order valence-corrected chi connectivity index (χ4v) is 3.55. The highest BCUT2D eigenvalue weighted by atomic mass is 31.2. The molecular formula is C5H10O10P2. The first kappa shape index (κ1) is 16.2. The first-order valence-corrected chi connectivity index (χ1v) is 7.06. The van der Waals surface area contributed by atoms with E-state index in [-0.39, 0.29) is 6.92 Å². The molecule has 0 aliphatic rings. The van der Waals surface area contributed by atoms with Gasteiger partial charge in [0.1, 0.15) is 0 Å². The van der Waals surface area contributed by atoms with Crippen molar-refractivity contribution in [2.75, 3.05) is 0 Å². The summed E-state index contributed by atoms with van der Waals surface area (Å²) < 4.78 is 22.1. The van der Waals surface area contributed by atoms with E-state index in [4.69, 9.17) is 29.8 Å². The molecule has 0 aromatic carbocycles. The number of carboxylic acid groups (broad SMARTS) is 2. The van der Waals surface area contributed by atoms with Crippen LogP contribution in [0.5, 0.6) is 0 Å². The molecule has 0 spiro atoms. The van der Waals surface area contributed by atoms with Crippen LogP contribution in [0, 0.1) is 5.92 Å². The summed E-state index contributed by atoms with van der Waals surface area (Å²) in [5.41, 5.74) is 0. The predicted octanol–water partition coefficient (Wildman–Crippen LogP) is -1.16. The van der Waals surface area contributed by atoms with E-state index in [0.29, 0.717) is 0 Å². The largest absolute Gasteiger partial charge is 0.481 e. The zero-order valence-corrected chi connectivity index (χ0v) is 10.1. The van der Waals surface area contributed by atoms with Crippen LogP contribution in [0.2, 0.25) is 0 Å². The molecule has 100 valence electrons. The van der Waals surface area contributed by atoms with E-state index in [2.05, 4.69) is 0 Å². The van der Waals surface area contributed by atoms with Crippen LogP contribution in [0.4, 0.5) is 0 Å². The molecule has 17 heavy (non-hydrogen) atoms. The summed E-state index contributed by atoms with van der Waals surface area (Å²) in [6.45, 7) is 0.224. The highest BCUT2D eigenvalue weighted by Gasteiger charge is 2.66. The van der Waals surface area contributed by atoms with E-state index in [1.54, 1.807) is 0 Å². The van der Waals surface area contributed by atoms with Crippen LogP contribution in [0.1, 0.15) is 6.92 Å². The lowest BCUT2D eigenvalue weighted by Crippen LogP contribution is -2.44. The molecule has 0 fully saturated rings. The fraction of sp³-hybridized carbons (Fsp3) is 0.600. The van der Waals surface area contributed by atoms with Gasteiger partial charge in [-0.05, 0) is 6.92 Å². The Hall–Kier alpha value is -0.760. The Morgan fingerprint density at radius 3 is 1.24 bits per heavy atom. The number of carboxylic acids is 2. The van der Waals surface area contributed by atoms with Gasteiger partial charge in [-0.25, -0.2) is 0 Å². The number of aliphatic carboxylic acids is 2. The van der Waals surface area contributed by atoms with Gasteiger partial charge in [0.05, 0.1) is 0 Å². The van der Waals surface area contributed by atoms with E-state index in [1.807, 2.05) is 0 Å². The lowest BCUT2D eigenvalue weighted by molar-refractivity contribution is -0.155. The molecule has 0 saturated carbocycles. The summed E-state index contributed by atoms with van der Waals surface area (Å²) >= 11 is 0. The number of carbonyl (C=O) groups is 2. The highest BCUT2D eigenvalue weighted by molar-refractivity contribution is 7.72. The summed E-state index contributed by atoms with van der Waals surface area (Å²) in [4.78, 5) is 53.0. The molecule has 0 amide bonds. The molecule has 0 heterocycles. The van der Waals surface area contributed by atoms with Gasteiger partial charge in [-0.15, -0.1) is 0 Å². The van der Waals surface area contributed by atoms with Crippen LogP contribution in [0.3, 0.4) is 0 Å². The molecule has 0 aliphatic carbocycles. The van der Waals surface area contributed by atoms with Gasteiger partial charge in [-0.2, -0.15) is 0 Å². The van der Waals surface area contributed by atoms with Gasteiger partial charge in [0.15, 0.2) is 10.8 Å². The zero-order chi connectivity index (χ0) is 14.2. The summed E-state index contributed by atoms with van der Waals surface area (Å²) in [6, 6.07) is 0. The van der Waals surface area contributed by atoms with Crippen molar-refractivity contribution in [1.82, 2.24) is 0 Å². The Morgan fingerprint density at radius 1 is 0.941 bits per heavy atom. The molecule has 0 unspecified atom stereocenters. The molecule has 0 radical (unpaired) electrons. The van der Waals surface area contributed by atoms with E-state index in [0.717, 1.165) is 0 Å². The zero-order valence-electron chi connectivity index (χ0n) is 8.29. The van der Waals surface area contributed by atoms with Gasteiger partial charge in [0.25, 0.3) is 0 Å². The molecule has 0 atom stereocenters. The quantitative estimate of drug-likeness (QED) is 0.266. The van der Waals surface area contributed by atoms with Crippen LogP contribution >= 0.6 is 15.2 Å². The molecule has 0 aliphatic heterocycles. The minimum atomic E-state index is -5.70. The molecule has 0 rings (SSSR count). The summed E-state index contributed by atoms with van der Waals surface area (Å²) in [5, 5.41) is 17.1. The smallest absolute Gasteiger partial charge is 0.344 e. The number of hydrogen-bond donors (Lipinski definition) is 6. The van der Waals surface area contributed by atoms with Crippen LogP contribution in [-0.2, 0) is 18.7 Å². The fourth-order valence-electron chi connectivity index (χ4n) is 1.08. The Kier molecular flexibility index (Phi) is 4.29.